The summed E-state index contributed by atoms with van der Waals surface area (Å²) in [4.78, 5) is 17.7. The number of nitrogens with one attached hydrogen (secondary N) is 2. The maximum absolute atomic E-state index is 13.4. The van der Waals surface area contributed by atoms with Crippen molar-refractivity contribution in [3.05, 3.63) is 71.2 Å². The quantitative estimate of drug-likeness (QED) is 0.487. The van der Waals surface area contributed by atoms with Crippen LogP contribution in [0.4, 0.5) is 11.6 Å². The Bertz CT molecular complexity index is 1170. The van der Waals surface area contributed by atoms with E-state index >= 15 is 0 Å². The first kappa shape index (κ1) is 22.4. The molecule has 0 spiro atoms. The number of hydrogen-bond donors (Lipinski definition) is 2. The number of aryl methyl sites for hydroxylation is 1. The highest BCUT2D eigenvalue weighted by Gasteiger charge is 2.34. The predicted molar refractivity (Wildman–Crippen MR) is 128 cm³/mol. The number of ether oxygens (including phenoxy) is 2. The normalized spacial score (nSPS) is 15.0. The van der Waals surface area contributed by atoms with Gasteiger partial charge in [-0.2, -0.15) is 10.1 Å². The highest BCUT2D eigenvalue weighted by Crippen LogP contribution is 2.38. The summed E-state index contributed by atoms with van der Waals surface area (Å²) in [6.45, 7) is 6.62. The van der Waals surface area contributed by atoms with Crippen molar-refractivity contribution in [3.8, 4) is 11.5 Å². The van der Waals surface area contributed by atoms with E-state index in [1.165, 1.54) is 6.33 Å². The summed E-state index contributed by atoms with van der Waals surface area (Å²) in [7, 11) is 1.61. The number of rotatable bonds is 8. The first-order chi connectivity index (χ1) is 16.0. The van der Waals surface area contributed by atoms with E-state index in [0.29, 0.717) is 35.3 Å². The van der Waals surface area contributed by atoms with Crippen molar-refractivity contribution in [2.24, 2.45) is 0 Å². The Morgan fingerprint density at radius 1 is 1.15 bits per heavy atom. The Morgan fingerprint density at radius 2 is 1.94 bits per heavy atom. The number of allylic oxidation sites excluding steroid dienone is 1. The van der Waals surface area contributed by atoms with E-state index in [4.69, 9.17) is 9.47 Å². The number of anilines is 2. The average molecular weight is 448 g/mol. The van der Waals surface area contributed by atoms with E-state index in [1.54, 1.807) is 11.8 Å². The van der Waals surface area contributed by atoms with Gasteiger partial charge in [-0.3, -0.25) is 4.79 Å². The highest BCUT2D eigenvalue weighted by atomic mass is 16.5. The van der Waals surface area contributed by atoms with Crippen LogP contribution in [0.3, 0.4) is 0 Å². The fourth-order valence-electron chi connectivity index (χ4n) is 3.83. The molecule has 1 amide bonds. The molecule has 0 saturated carbocycles. The molecule has 2 heterocycles. The molecule has 0 saturated heterocycles. The molecule has 1 aliphatic rings. The van der Waals surface area contributed by atoms with Crippen LogP contribution in [0.1, 0.15) is 43.9 Å². The number of carbonyl (C=O) groups excluding carboxylic acids is 1. The molecule has 1 unspecified atom stereocenters. The molecule has 8 nitrogen and oxygen atoms in total. The lowest BCUT2D eigenvalue weighted by molar-refractivity contribution is -0.113. The minimum atomic E-state index is -0.479. The minimum absolute atomic E-state index is 0.211. The van der Waals surface area contributed by atoms with Crippen LogP contribution in [-0.4, -0.2) is 34.4 Å². The third-order valence-electron chi connectivity index (χ3n) is 5.61. The van der Waals surface area contributed by atoms with Crippen molar-refractivity contribution >= 4 is 17.5 Å². The molecule has 0 radical (unpaired) electrons. The second-order valence-electron chi connectivity index (χ2n) is 8.03. The van der Waals surface area contributed by atoms with Crippen LogP contribution in [0.25, 0.3) is 0 Å². The molecule has 4 rings (SSSR count). The van der Waals surface area contributed by atoms with Crippen molar-refractivity contribution in [1.29, 1.82) is 0 Å². The van der Waals surface area contributed by atoms with Crippen molar-refractivity contribution < 1.29 is 14.3 Å². The van der Waals surface area contributed by atoms with E-state index in [-0.39, 0.29) is 5.91 Å². The Morgan fingerprint density at radius 3 is 2.67 bits per heavy atom. The molecular formula is C25H29N5O3. The van der Waals surface area contributed by atoms with Crippen LogP contribution in [0.15, 0.2) is 60.1 Å². The lowest BCUT2D eigenvalue weighted by atomic mass is 9.94. The fraction of sp³-hybridized carbons (Fsp3) is 0.320. The zero-order chi connectivity index (χ0) is 23.4. The van der Waals surface area contributed by atoms with Crippen LogP contribution in [0.5, 0.6) is 11.5 Å². The molecule has 1 aromatic heterocycles. The second-order valence-corrected chi connectivity index (χ2v) is 8.03. The number of benzene rings is 2. The molecule has 172 valence electrons. The van der Waals surface area contributed by atoms with Gasteiger partial charge in [0.15, 0.2) is 11.5 Å². The van der Waals surface area contributed by atoms with Gasteiger partial charge in [0.2, 0.25) is 5.95 Å². The third-order valence-corrected chi connectivity index (χ3v) is 5.61. The van der Waals surface area contributed by atoms with E-state index < -0.39 is 6.04 Å². The van der Waals surface area contributed by atoms with Crippen molar-refractivity contribution in [3.63, 3.8) is 0 Å². The van der Waals surface area contributed by atoms with Crippen molar-refractivity contribution in [2.45, 2.75) is 39.7 Å². The van der Waals surface area contributed by atoms with Gasteiger partial charge in [-0.1, -0.05) is 37.1 Å². The molecule has 33 heavy (non-hydrogen) atoms. The monoisotopic (exact) mass is 447 g/mol. The number of hydrogen-bond acceptors (Lipinski definition) is 6. The van der Waals surface area contributed by atoms with Crippen LogP contribution in [-0.2, 0) is 4.79 Å². The zero-order valence-electron chi connectivity index (χ0n) is 19.4. The summed E-state index contributed by atoms with van der Waals surface area (Å²) >= 11 is 0. The largest absolute Gasteiger partial charge is 0.493 e. The lowest BCUT2D eigenvalue weighted by Crippen LogP contribution is -2.31. The van der Waals surface area contributed by atoms with Crippen LogP contribution >= 0.6 is 0 Å². The lowest BCUT2D eigenvalue weighted by Gasteiger charge is -2.29. The zero-order valence-corrected chi connectivity index (χ0v) is 19.4. The number of fused-ring (bicyclic) bond motifs is 1. The maximum atomic E-state index is 13.4. The van der Waals surface area contributed by atoms with Gasteiger partial charge in [-0.05, 0) is 50.1 Å². The SMILES string of the molecule is CCCCOc1ccc(C2C(C(=O)Nc3ccc(C)cc3)=C(C)Nc3ncnn32)cc1OC. The predicted octanol–water partition coefficient (Wildman–Crippen LogP) is 4.70. The van der Waals surface area contributed by atoms with Gasteiger partial charge < -0.3 is 20.1 Å². The Kier molecular flexibility index (Phi) is 6.63. The molecule has 0 bridgehead atoms. The summed E-state index contributed by atoms with van der Waals surface area (Å²) < 4.78 is 13.2. The fourth-order valence-corrected chi connectivity index (χ4v) is 3.83. The molecule has 3 aromatic rings. The van der Waals surface area contributed by atoms with Crippen molar-refractivity contribution in [2.75, 3.05) is 24.4 Å². The Hall–Kier alpha value is -3.81. The molecule has 8 heteroatoms. The molecule has 1 atom stereocenters. The van der Waals surface area contributed by atoms with E-state index in [2.05, 4.69) is 27.6 Å². The summed E-state index contributed by atoms with van der Waals surface area (Å²) in [5.74, 6) is 1.65. The topological polar surface area (TPSA) is 90.3 Å². The molecule has 2 N–H and O–H groups in total. The number of carbonyl (C=O) groups is 1. The second kappa shape index (κ2) is 9.77. The smallest absolute Gasteiger partial charge is 0.255 e. The van der Waals surface area contributed by atoms with E-state index in [0.717, 1.165) is 29.7 Å². The number of methoxy groups -OCH3 is 1. The van der Waals surface area contributed by atoms with Gasteiger partial charge >= 0.3 is 0 Å². The molecule has 1 aliphatic heterocycles. The van der Waals surface area contributed by atoms with Gasteiger partial charge in [0, 0.05) is 11.4 Å². The van der Waals surface area contributed by atoms with Crippen LogP contribution in [0, 0.1) is 6.92 Å². The van der Waals surface area contributed by atoms with Crippen molar-refractivity contribution in [1.82, 2.24) is 14.8 Å². The third kappa shape index (κ3) is 4.69. The standard InChI is InChI=1S/C25H29N5O3/c1-5-6-13-33-20-12-9-18(14-21(20)32-4)23-22(17(3)28-25-26-15-27-30(23)25)24(31)29-19-10-7-16(2)8-11-19/h7-12,14-15,23H,5-6,13H2,1-4H3,(H,29,31)(H,26,27,28). The number of nitrogens with zero attached hydrogens (tertiary/aromatic N) is 3. The van der Waals surface area contributed by atoms with Gasteiger partial charge in [-0.15, -0.1) is 0 Å². The summed E-state index contributed by atoms with van der Waals surface area (Å²) in [5.41, 5.74) is 3.96. The minimum Gasteiger partial charge on any atom is -0.493 e. The number of unbranched alkanes of at least 4 members (excludes halogenated alkanes) is 1. The van der Waals surface area contributed by atoms with Gasteiger partial charge in [-0.25, -0.2) is 4.68 Å². The summed E-state index contributed by atoms with van der Waals surface area (Å²) in [6.07, 6.45) is 3.49. The first-order valence-corrected chi connectivity index (χ1v) is 11.1. The number of aromatic nitrogens is 3. The molecule has 0 aliphatic carbocycles. The molecule has 0 fully saturated rings. The Balaban J connectivity index is 1.71. The first-order valence-electron chi connectivity index (χ1n) is 11.1. The average Bonchev–Trinajstić information content (AvgIpc) is 3.28. The van der Waals surface area contributed by atoms with Crippen LogP contribution < -0.4 is 20.1 Å². The number of amides is 1. The van der Waals surface area contributed by atoms with E-state index in [9.17, 15) is 4.79 Å². The van der Waals surface area contributed by atoms with Gasteiger partial charge in [0.25, 0.3) is 5.91 Å². The Labute approximate surface area is 193 Å². The molecular weight excluding hydrogens is 418 g/mol. The van der Waals surface area contributed by atoms with Crippen LogP contribution in [0.2, 0.25) is 0 Å². The van der Waals surface area contributed by atoms with E-state index in [1.807, 2.05) is 56.3 Å². The maximum Gasteiger partial charge on any atom is 0.255 e. The van der Waals surface area contributed by atoms with Gasteiger partial charge in [0.05, 0.1) is 19.3 Å². The molecule has 2 aromatic carbocycles. The summed E-state index contributed by atoms with van der Waals surface area (Å²) in [5, 5.41) is 10.6. The highest BCUT2D eigenvalue weighted by molar-refractivity contribution is 6.06. The summed E-state index contributed by atoms with van der Waals surface area (Å²) in [6, 6.07) is 12.9. The van der Waals surface area contributed by atoms with Gasteiger partial charge in [0.1, 0.15) is 12.4 Å².